The quantitative estimate of drug-likeness (QED) is 0.421. The van der Waals surface area contributed by atoms with Crippen molar-refractivity contribution in [3.63, 3.8) is 0 Å². The summed E-state index contributed by atoms with van der Waals surface area (Å²) in [5.74, 6) is 2.26. The Morgan fingerprint density at radius 1 is 0.656 bits per heavy atom. The fraction of sp³-hybridized carbons (Fsp3) is 0.538. The molecule has 2 aromatic rings. The van der Waals surface area contributed by atoms with Crippen LogP contribution in [0, 0.1) is 0 Å². The molecule has 0 aromatic heterocycles. The van der Waals surface area contributed by atoms with Crippen LogP contribution in [0.3, 0.4) is 0 Å². The van der Waals surface area contributed by atoms with Gasteiger partial charge in [0.1, 0.15) is 23.4 Å². The van der Waals surface area contributed by atoms with Gasteiger partial charge in [0.2, 0.25) is 16.6 Å². The average molecular weight is 475 g/mol. The Labute approximate surface area is 197 Å². The largest absolute Gasteiger partial charge is 0.544 e. The third-order valence-electron chi connectivity index (χ3n) is 7.01. The van der Waals surface area contributed by atoms with Crippen LogP contribution >= 0.6 is 0 Å². The van der Waals surface area contributed by atoms with Gasteiger partial charge in [-0.2, -0.15) is 0 Å². The van der Waals surface area contributed by atoms with Gasteiger partial charge < -0.3 is 18.7 Å². The molecule has 0 bridgehead atoms. The van der Waals surface area contributed by atoms with Crippen LogP contribution in [0.25, 0.3) is 0 Å². The Balaban J connectivity index is 2.30. The van der Waals surface area contributed by atoms with Gasteiger partial charge in [-0.15, -0.1) is 0 Å². The number of ether oxygens (including phenoxy) is 1. The summed E-state index contributed by atoms with van der Waals surface area (Å²) in [6.45, 7) is 22.2. The number of aliphatic hydroxyl groups excluding tert-OH is 1. The first-order valence-electron chi connectivity index (χ1n) is 11.3. The fourth-order valence-electron chi connectivity index (χ4n) is 2.73. The summed E-state index contributed by atoms with van der Waals surface area (Å²) in [4.78, 5) is 0. The molecule has 0 heterocycles. The first kappa shape index (κ1) is 26.5. The van der Waals surface area contributed by atoms with E-state index >= 15 is 0 Å². The Morgan fingerprint density at radius 3 is 1.53 bits per heavy atom. The molecule has 1 N–H and O–H groups in total. The van der Waals surface area contributed by atoms with Crippen molar-refractivity contribution in [1.29, 1.82) is 0 Å². The van der Waals surface area contributed by atoms with Crippen LogP contribution in [-0.2, 0) is 0 Å². The van der Waals surface area contributed by atoms with E-state index in [9.17, 15) is 5.11 Å². The maximum atomic E-state index is 11.1. The molecule has 0 saturated heterocycles. The second kappa shape index (κ2) is 9.23. The van der Waals surface area contributed by atoms with E-state index in [4.69, 9.17) is 13.6 Å². The minimum absolute atomic E-state index is 0.0782. The van der Waals surface area contributed by atoms with E-state index in [0.717, 1.165) is 22.6 Å². The van der Waals surface area contributed by atoms with Crippen molar-refractivity contribution in [3.8, 4) is 17.2 Å². The molecule has 0 aliphatic heterocycles. The lowest BCUT2D eigenvalue weighted by molar-refractivity contribution is 0.219. The molecular weight excluding hydrogens is 432 g/mol. The van der Waals surface area contributed by atoms with Crippen LogP contribution in [0.4, 0.5) is 0 Å². The summed E-state index contributed by atoms with van der Waals surface area (Å²) in [7, 11) is -2.28. The molecule has 2 rings (SSSR count). The van der Waals surface area contributed by atoms with E-state index in [0.29, 0.717) is 5.75 Å². The summed E-state index contributed by atoms with van der Waals surface area (Å²) in [6.07, 6.45) is -0.784. The highest BCUT2D eigenvalue weighted by molar-refractivity contribution is 6.75. The summed E-state index contributed by atoms with van der Waals surface area (Å²) < 4.78 is 18.3. The summed E-state index contributed by atoms with van der Waals surface area (Å²) in [6, 6.07) is 13.4. The smallest absolute Gasteiger partial charge is 0.250 e. The third-order valence-corrected chi connectivity index (χ3v) is 15.7. The Hall–Kier alpha value is -1.77. The van der Waals surface area contributed by atoms with Gasteiger partial charge >= 0.3 is 0 Å². The Bertz CT molecular complexity index is 907. The predicted octanol–water partition coefficient (Wildman–Crippen LogP) is 7.54. The van der Waals surface area contributed by atoms with E-state index in [-0.39, 0.29) is 10.1 Å². The molecule has 32 heavy (non-hydrogen) atoms. The van der Waals surface area contributed by atoms with Gasteiger partial charge in [0.15, 0.2) is 0 Å². The molecule has 178 valence electrons. The highest BCUT2D eigenvalue weighted by Crippen LogP contribution is 2.40. The monoisotopic (exact) mass is 474 g/mol. The van der Waals surface area contributed by atoms with Crippen molar-refractivity contribution >= 4 is 16.6 Å². The molecule has 0 amide bonds. The molecule has 0 radical (unpaired) electrons. The SMILES string of the molecule is COc1cc(O[Si](C)(C)C(C)(C)C)cc(C(O)c2ccc(O[Si](C)(C)C(C)(C)C)cc2)c1. The first-order chi connectivity index (χ1) is 14.5. The average Bonchev–Trinajstić information content (AvgIpc) is 2.65. The van der Waals surface area contributed by atoms with E-state index < -0.39 is 22.7 Å². The van der Waals surface area contributed by atoms with Gasteiger partial charge in [-0.3, -0.25) is 0 Å². The van der Waals surface area contributed by atoms with Crippen molar-refractivity contribution in [2.45, 2.75) is 83.9 Å². The highest BCUT2D eigenvalue weighted by Gasteiger charge is 2.40. The van der Waals surface area contributed by atoms with Gasteiger partial charge in [0.25, 0.3) is 0 Å². The number of hydrogen-bond acceptors (Lipinski definition) is 4. The zero-order chi connectivity index (χ0) is 24.5. The minimum Gasteiger partial charge on any atom is -0.544 e. The Kier molecular flexibility index (Phi) is 7.64. The molecule has 0 fully saturated rings. The van der Waals surface area contributed by atoms with Gasteiger partial charge in [-0.25, -0.2) is 0 Å². The van der Waals surface area contributed by atoms with Crippen LogP contribution in [0.1, 0.15) is 58.8 Å². The molecule has 2 aromatic carbocycles. The van der Waals surface area contributed by atoms with Crippen molar-refractivity contribution < 1.29 is 18.7 Å². The van der Waals surface area contributed by atoms with Crippen molar-refractivity contribution in [2.24, 2.45) is 0 Å². The molecule has 1 unspecified atom stereocenters. The normalized spacial score (nSPS) is 14.1. The lowest BCUT2D eigenvalue weighted by Crippen LogP contribution is -2.43. The molecule has 0 saturated carbocycles. The maximum Gasteiger partial charge on any atom is 0.250 e. The summed E-state index contributed by atoms with van der Waals surface area (Å²) in [5, 5.41) is 11.3. The van der Waals surface area contributed by atoms with Crippen molar-refractivity contribution in [3.05, 3.63) is 53.6 Å². The number of methoxy groups -OCH3 is 1. The number of benzene rings is 2. The zero-order valence-corrected chi connectivity index (χ0v) is 23.8. The lowest BCUT2D eigenvalue weighted by atomic mass is 10.0. The van der Waals surface area contributed by atoms with E-state index in [1.807, 2.05) is 42.5 Å². The molecule has 1 atom stereocenters. The molecule has 6 heteroatoms. The van der Waals surface area contributed by atoms with E-state index in [1.165, 1.54) is 0 Å². The minimum atomic E-state index is -2.01. The maximum absolute atomic E-state index is 11.1. The summed E-state index contributed by atoms with van der Waals surface area (Å²) in [5.41, 5.74) is 1.55. The lowest BCUT2D eigenvalue weighted by Gasteiger charge is -2.36. The van der Waals surface area contributed by atoms with Gasteiger partial charge in [0.05, 0.1) is 7.11 Å². The van der Waals surface area contributed by atoms with Gasteiger partial charge in [-0.05, 0) is 71.7 Å². The van der Waals surface area contributed by atoms with Crippen molar-refractivity contribution in [2.75, 3.05) is 7.11 Å². The van der Waals surface area contributed by atoms with Crippen LogP contribution in [0.5, 0.6) is 17.2 Å². The van der Waals surface area contributed by atoms with Crippen molar-refractivity contribution in [1.82, 2.24) is 0 Å². The van der Waals surface area contributed by atoms with Gasteiger partial charge in [0, 0.05) is 6.07 Å². The second-order valence-electron chi connectivity index (χ2n) is 11.6. The first-order valence-corrected chi connectivity index (χ1v) is 17.1. The highest BCUT2D eigenvalue weighted by atomic mass is 28.4. The van der Waals surface area contributed by atoms with Gasteiger partial charge in [-0.1, -0.05) is 53.7 Å². The van der Waals surface area contributed by atoms with Crippen LogP contribution in [0.2, 0.25) is 36.3 Å². The number of rotatable bonds is 7. The second-order valence-corrected chi connectivity index (χ2v) is 21.1. The summed E-state index contributed by atoms with van der Waals surface area (Å²) >= 11 is 0. The molecule has 0 aliphatic carbocycles. The number of hydrogen-bond donors (Lipinski definition) is 1. The zero-order valence-electron chi connectivity index (χ0n) is 21.8. The van der Waals surface area contributed by atoms with Crippen LogP contribution in [0.15, 0.2) is 42.5 Å². The Morgan fingerprint density at radius 2 is 1.09 bits per heavy atom. The molecular formula is C26H42O4Si2. The van der Waals surface area contributed by atoms with Crippen LogP contribution in [-0.4, -0.2) is 28.9 Å². The standard InChI is InChI=1S/C26H42O4Si2/c1-25(2,3)31(8,9)29-21-14-12-19(13-15-21)24(27)20-16-22(28-7)18-23(17-20)30-32(10,11)26(4,5)6/h12-18,24,27H,1-11H3. The molecule has 0 aliphatic rings. The topological polar surface area (TPSA) is 47.9 Å². The van der Waals surface area contributed by atoms with Crippen LogP contribution < -0.4 is 13.6 Å². The van der Waals surface area contributed by atoms with E-state index in [1.54, 1.807) is 7.11 Å². The molecule has 4 nitrogen and oxygen atoms in total. The molecule has 0 spiro atoms. The third kappa shape index (κ3) is 6.17. The number of aliphatic hydroxyl groups is 1. The van der Waals surface area contributed by atoms with E-state index in [2.05, 4.69) is 67.7 Å². The predicted molar refractivity (Wildman–Crippen MR) is 139 cm³/mol. The fourth-order valence-corrected chi connectivity index (χ4v) is 4.78.